The van der Waals surface area contributed by atoms with Crippen LogP contribution in [0.4, 0.5) is 9.59 Å². The predicted molar refractivity (Wildman–Crippen MR) is 294 cm³/mol. The second-order valence-corrected chi connectivity index (χ2v) is 26.4. The highest BCUT2D eigenvalue weighted by Gasteiger charge is 2.46. The highest BCUT2D eigenvalue weighted by molar-refractivity contribution is 7.99. The van der Waals surface area contributed by atoms with Gasteiger partial charge >= 0.3 is 12.2 Å². The number of likely N-dealkylation sites (tertiary alicyclic amines) is 2. The maximum atomic E-state index is 14.8. The quantitative estimate of drug-likeness (QED) is 0.0779. The molecule has 0 unspecified atom stereocenters. The van der Waals surface area contributed by atoms with Crippen molar-refractivity contribution in [3.63, 3.8) is 0 Å². The number of hydrogen-bond acceptors (Lipinski definition) is 16. The van der Waals surface area contributed by atoms with E-state index in [-0.39, 0.29) is 74.2 Å². The van der Waals surface area contributed by atoms with E-state index in [4.69, 9.17) is 9.47 Å². The molecule has 2 fully saturated rings. The standard InChI is InChI=1S/C56H74N12O8S2/c1-53(2,3)45(57-51(73)75-55(7,8)9)47(71)65-31-35(26-39(65)33-67-49(59-61-63-67)77-41-22-15-13-16-23-41)28-43(69)37-20-19-21-38(30-37)44(70)29-36-27-40(34-68-50(60-62-64-68)78-42-24-17-14-18-25-42)66(32-36)48(72)46(54(4,5)6)58-52(74)76-56(10,11)12/h13-25,30,35-36,39-40,45-46H,26-29,31-34H2,1-12H3,(H,57,73)(H,58,74)/t35-,36-,39+,40+,45-,46-/m1/s1. The number of ether oxygens (including phenoxy) is 2. The number of carbonyl (C=O) groups is 6. The van der Waals surface area contributed by atoms with Gasteiger partial charge in [-0.3, -0.25) is 19.2 Å². The molecule has 3 aromatic carbocycles. The number of tetrazole rings is 2. The van der Waals surface area contributed by atoms with Crippen molar-refractivity contribution in [2.24, 2.45) is 22.7 Å². The average molecular weight is 1110 g/mol. The summed E-state index contributed by atoms with van der Waals surface area (Å²) < 4.78 is 14.5. The Kier molecular flexibility index (Phi) is 18.6. The fourth-order valence-electron chi connectivity index (χ4n) is 9.67. The summed E-state index contributed by atoms with van der Waals surface area (Å²) in [4.78, 5) is 90.0. The molecular weight excluding hydrogens is 1030 g/mol. The normalized spacial score (nSPS) is 18.8. The number of aromatic nitrogens is 8. The van der Waals surface area contributed by atoms with Gasteiger partial charge in [-0.25, -0.2) is 19.0 Å². The molecule has 22 heteroatoms. The molecule has 0 spiro atoms. The van der Waals surface area contributed by atoms with Crippen molar-refractivity contribution in [2.45, 2.75) is 177 Å². The maximum Gasteiger partial charge on any atom is 0.408 e. The van der Waals surface area contributed by atoms with E-state index in [1.165, 1.54) is 23.5 Å². The average Bonchev–Trinajstić information content (AvgIpc) is 4.20. The van der Waals surface area contributed by atoms with Gasteiger partial charge < -0.3 is 29.9 Å². The third-order valence-corrected chi connectivity index (χ3v) is 15.2. The lowest BCUT2D eigenvalue weighted by Crippen LogP contribution is -2.56. The van der Waals surface area contributed by atoms with Crippen LogP contribution in [-0.2, 0) is 32.2 Å². The third-order valence-electron chi connectivity index (χ3n) is 13.2. The van der Waals surface area contributed by atoms with Gasteiger partial charge in [0.2, 0.25) is 22.1 Å². The fourth-order valence-corrected chi connectivity index (χ4v) is 11.3. The lowest BCUT2D eigenvalue weighted by molar-refractivity contribution is -0.138. The van der Waals surface area contributed by atoms with Gasteiger partial charge in [0, 0.05) is 46.8 Å². The summed E-state index contributed by atoms with van der Waals surface area (Å²) in [6, 6.07) is 23.2. The smallest absolute Gasteiger partial charge is 0.408 e. The molecule has 2 aliphatic heterocycles. The van der Waals surface area contributed by atoms with E-state index in [9.17, 15) is 28.8 Å². The van der Waals surface area contributed by atoms with E-state index in [0.717, 1.165) is 9.79 Å². The number of ketones is 2. The summed E-state index contributed by atoms with van der Waals surface area (Å²) >= 11 is 2.78. The second-order valence-electron chi connectivity index (χ2n) is 24.3. The largest absolute Gasteiger partial charge is 0.444 e. The molecule has 20 nitrogen and oxygen atoms in total. The second kappa shape index (κ2) is 24.6. The van der Waals surface area contributed by atoms with Crippen molar-refractivity contribution in [2.75, 3.05) is 13.1 Å². The van der Waals surface area contributed by atoms with E-state index in [1.807, 2.05) is 102 Å². The number of nitrogens with one attached hydrogen (secondary N) is 2. The molecule has 0 saturated carbocycles. The summed E-state index contributed by atoms with van der Waals surface area (Å²) in [6.07, 6.45) is -0.402. The first kappa shape index (κ1) is 59.0. The lowest BCUT2D eigenvalue weighted by atomic mass is 9.85. The van der Waals surface area contributed by atoms with E-state index in [0.29, 0.717) is 34.3 Å². The molecule has 7 rings (SSSR count). The zero-order valence-electron chi connectivity index (χ0n) is 46.8. The lowest BCUT2D eigenvalue weighted by Gasteiger charge is -2.36. The Balaban J connectivity index is 1.09. The van der Waals surface area contributed by atoms with Crippen molar-refractivity contribution >= 4 is 59.1 Å². The molecule has 2 N–H and O–H groups in total. The number of benzene rings is 3. The minimum Gasteiger partial charge on any atom is -0.444 e. The van der Waals surface area contributed by atoms with Gasteiger partial charge in [0.15, 0.2) is 11.6 Å². The summed E-state index contributed by atoms with van der Waals surface area (Å²) in [7, 11) is 0. The van der Waals surface area contributed by atoms with Gasteiger partial charge in [0.25, 0.3) is 0 Å². The molecule has 0 aliphatic carbocycles. The highest BCUT2D eigenvalue weighted by atomic mass is 32.2. The van der Waals surface area contributed by atoms with Crippen LogP contribution in [0.25, 0.3) is 0 Å². The summed E-state index contributed by atoms with van der Waals surface area (Å²) in [5.41, 5.74) is -2.32. The number of alkyl carbamates (subject to hydrolysis) is 2. The molecule has 0 radical (unpaired) electrons. The molecule has 418 valence electrons. The molecule has 2 aromatic heterocycles. The topological polar surface area (TPSA) is 239 Å². The van der Waals surface area contributed by atoms with E-state index >= 15 is 0 Å². The number of nitrogens with zero attached hydrogens (tertiary/aromatic N) is 10. The van der Waals surface area contributed by atoms with Gasteiger partial charge in [0.05, 0.1) is 25.2 Å². The van der Waals surface area contributed by atoms with Crippen LogP contribution in [0, 0.1) is 22.7 Å². The first-order valence-electron chi connectivity index (χ1n) is 26.3. The van der Waals surface area contributed by atoms with Gasteiger partial charge in [-0.05, 0) is 152 Å². The van der Waals surface area contributed by atoms with E-state index < -0.39 is 58.4 Å². The van der Waals surface area contributed by atoms with Gasteiger partial charge in [-0.15, -0.1) is 10.2 Å². The first-order valence-corrected chi connectivity index (χ1v) is 28.0. The summed E-state index contributed by atoms with van der Waals surface area (Å²) in [5.74, 6) is -1.61. The molecule has 78 heavy (non-hydrogen) atoms. The molecule has 6 atom stereocenters. The van der Waals surface area contributed by atoms with Crippen molar-refractivity contribution < 1.29 is 38.2 Å². The SMILES string of the molecule is CC(C)(C)OC(=O)N[C@H](C(=O)N1C[C@@H](CC(=O)c2cccc(C(=O)C[C@H]3C[C@@H](Cn4nnnc4Sc4ccccc4)N(C(=O)[C@@H](NC(=O)OC(C)(C)C)C(C)(C)C)C3)c2)C[C@H]1Cn1nnnc1Sc1ccccc1)C(C)(C)C. The van der Waals surface area contributed by atoms with Crippen molar-refractivity contribution in [3.05, 3.63) is 96.1 Å². The Hall–Kier alpha value is -6.68. The fraction of sp³-hybridized carbons (Fsp3) is 0.536. The Morgan fingerprint density at radius 2 is 0.923 bits per heavy atom. The van der Waals surface area contributed by atoms with E-state index in [2.05, 4.69) is 41.7 Å². The number of amides is 4. The zero-order chi connectivity index (χ0) is 56.7. The Labute approximate surface area is 465 Å². The number of rotatable bonds is 18. The number of hydrogen-bond donors (Lipinski definition) is 2. The first-order chi connectivity index (χ1) is 36.6. The minimum atomic E-state index is -0.969. The van der Waals surface area contributed by atoms with Crippen molar-refractivity contribution in [1.82, 2.24) is 60.8 Å². The van der Waals surface area contributed by atoms with Crippen LogP contribution in [0.15, 0.2) is 105 Å². The number of carbonyl (C=O) groups excluding carboxylic acids is 6. The monoisotopic (exact) mass is 1110 g/mol. The van der Waals surface area contributed by atoms with Crippen LogP contribution in [0.3, 0.4) is 0 Å². The Bertz CT molecular complexity index is 2720. The van der Waals surface area contributed by atoms with Gasteiger partial charge in [0.1, 0.15) is 23.3 Å². The molecular formula is C56H74N12O8S2. The van der Waals surface area contributed by atoms with Crippen molar-refractivity contribution in [3.8, 4) is 0 Å². The zero-order valence-corrected chi connectivity index (χ0v) is 48.4. The van der Waals surface area contributed by atoms with Gasteiger partial charge in [-0.1, -0.05) is 96.1 Å². The molecule has 2 aliphatic rings. The van der Waals surface area contributed by atoms with Crippen LogP contribution in [0.2, 0.25) is 0 Å². The summed E-state index contributed by atoms with van der Waals surface area (Å²) in [6.45, 7) is 22.7. The summed E-state index contributed by atoms with van der Waals surface area (Å²) in [5, 5.41) is 31.8. The Morgan fingerprint density at radius 1 is 0.551 bits per heavy atom. The molecule has 4 heterocycles. The minimum absolute atomic E-state index is 0.0776. The van der Waals surface area contributed by atoms with E-state index in [1.54, 1.807) is 85.0 Å². The van der Waals surface area contributed by atoms with Crippen LogP contribution >= 0.6 is 23.5 Å². The van der Waals surface area contributed by atoms with Crippen molar-refractivity contribution in [1.29, 1.82) is 0 Å². The molecule has 2 saturated heterocycles. The Morgan fingerprint density at radius 3 is 1.27 bits per heavy atom. The maximum absolute atomic E-state index is 14.8. The van der Waals surface area contributed by atoms with Crippen LogP contribution < -0.4 is 10.6 Å². The number of Topliss-reactive ketones (excluding diaryl/α,β-unsaturated/α-hetero) is 2. The molecule has 0 bridgehead atoms. The molecule has 4 amide bonds. The third kappa shape index (κ3) is 16.2. The van der Waals surface area contributed by atoms with Crippen LogP contribution in [0.1, 0.15) is 129 Å². The highest BCUT2D eigenvalue weighted by Crippen LogP contribution is 2.36. The molecule has 5 aromatic rings. The predicted octanol–water partition coefficient (Wildman–Crippen LogP) is 8.82. The van der Waals surface area contributed by atoms with Crippen LogP contribution in [0.5, 0.6) is 0 Å². The van der Waals surface area contributed by atoms with Crippen LogP contribution in [-0.4, -0.2) is 134 Å². The van der Waals surface area contributed by atoms with Gasteiger partial charge in [-0.2, -0.15) is 0 Å².